The van der Waals surface area contributed by atoms with Crippen molar-refractivity contribution < 1.29 is 0 Å². The number of aromatic amines is 1. The zero-order valence-electron chi connectivity index (χ0n) is 20.4. The molecule has 12 heteroatoms. The molecule has 0 fully saturated rings. The van der Waals surface area contributed by atoms with Gasteiger partial charge in [0.15, 0.2) is 0 Å². The lowest BCUT2D eigenvalue weighted by atomic mass is 10.0. The number of nitrogens with one attached hydrogen (secondary N) is 1. The van der Waals surface area contributed by atoms with E-state index in [4.69, 9.17) is 0 Å². The average Bonchev–Trinajstić information content (AvgIpc) is 3.65. The number of aromatic nitrogens is 11. The normalized spacial score (nSPS) is 11.4. The van der Waals surface area contributed by atoms with Crippen molar-refractivity contribution in [2.75, 3.05) is 0 Å². The molecule has 1 aromatic carbocycles. The summed E-state index contributed by atoms with van der Waals surface area (Å²) in [5.74, 6) is 0.940. The fraction of sp³-hybridized carbons (Fsp3) is 0.333. The van der Waals surface area contributed by atoms with Crippen molar-refractivity contribution in [1.82, 2.24) is 54.9 Å². The van der Waals surface area contributed by atoms with Gasteiger partial charge in [-0.25, -0.2) is 14.0 Å². The molecule has 0 radical (unpaired) electrons. The lowest BCUT2D eigenvalue weighted by Gasteiger charge is -2.09. The third-order valence-corrected chi connectivity index (χ3v) is 5.96. The first kappa shape index (κ1) is 23.3. The number of tetrazole rings is 2. The van der Waals surface area contributed by atoms with E-state index in [1.807, 2.05) is 56.4 Å². The molecule has 0 unspecified atom stereocenters. The van der Waals surface area contributed by atoms with Gasteiger partial charge in [0.1, 0.15) is 0 Å². The number of unbranched alkanes of at least 4 members (excludes halogenated alkanes) is 1. The predicted molar refractivity (Wildman–Crippen MR) is 132 cm³/mol. The summed E-state index contributed by atoms with van der Waals surface area (Å²) in [5.41, 5.74) is 4.34. The Kier molecular flexibility index (Phi) is 6.48. The molecule has 0 saturated heterocycles. The minimum atomic E-state index is -0.191. The highest BCUT2D eigenvalue weighted by Crippen LogP contribution is 2.24. The van der Waals surface area contributed by atoms with E-state index in [9.17, 15) is 4.79 Å². The second-order valence-electron chi connectivity index (χ2n) is 8.83. The summed E-state index contributed by atoms with van der Waals surface area (Å²) in [5, 5.41) is 26.2. The summed E-state index contributed by atoms with van der Waals surface area (Å²) in [6.45, 7) is 6.42. The molecule has 0 atom stereocenters. The number of nitrogens with zero attached hydrogens (tertiary/aromatic N) is 10. The smallest absolute Gasteiger partial charge is 0.290 e. The van der Waals surface area contributed by atoms with Crippen molar-refractivity contribution in [1.29, 1.82) is 0 Å². The molecule has 0 spiro atoms. The Hall–Kier alpha value is -4.48. The monoisotopic (exact) mass is 485 g/mol. The van der Waals surface area contributed by atoms with Crippen LogP contribution in [-0.4, -0.2) is 54.9 Å². The van der Waals surface area contributed by atoms with Crippen molar-refractivity contribution >= 4 is 0 Å². The second-order valence-corrected chi connectivity index (χ2v) is 8.83. The standard InChI is InChI=1S/C24H27N11O/c1-4-5-9-21-15-34(23-28-31-32-35(23)16(2)3)24(36)33(21)14-20-13-18(10-11-25-20)17-7-6-8-19(12-17)22-26-29-30-27-22/h6-8,10-13,15-16H,4-5,9,14H2,1-3H3,(H,26,27,29,30). The quantitative estimate of drug-likeness (QED) is 0.336. The molecule has 0 aliphatic rings. The van der Waals surface area contributed by atoms with E-state index in [1.54, 1.807) is 15.4 Å². The number of aryl methyl sites for hydroxylation is 1. The van der Waals surface area contributed by atoms with Crippen LogP contribution in [0.4, 0.5) is 0 Å². The molecule has 1 N–H and O–H groups in total. The maximum Gasteiger partial charge on any atom is 0.335 e. The number of H-pyrrole nitrogens is 1. The zero-order chi connectivity index (χ0) is 25.1. The summed E-state index contributed by atoms with van der Waals surface area (Å²) in [4.78, 5) is 18.1. The van der Waals surface area contributed by atoms with Gasteiger partial charge in [-0.15, -0.1) is 10.2 Å². The van der Waals surface area contributed by atoms with E-state index in [2.05, 4.69) is 48.1 Å². The summed E-state index contributed by atoms with van der Waals surface area (Å²) >= 11 is 0. The number of benzene rings is 1. The molecule has 0 amide bonds. The number of rotatable bonds is 9. The van der Waals surface area contributed by atoms with Gasteiger partial charge in [-0.3, -0.25) is 9.55 Å². The van der Waals surface area contributed by atoms with E-state index >= 15 is 0 Å². The zero-order valence-corrected chi connectivity index (χ0v) is 20.4. The molecule has 0 saturated carbocycles. The van der Waals surface area contributed by atoms with Crippen LogP contribution in [0, 0.1) is 0 Å². The van der Waals surface area contributed by atoms with Crippen LogP contribution < -0.4 is 5.69 Å². The van der Waals surface area contributed by atoms with Gasteiger partial charge >= 0.3 is 5.69 Å². The lowest BCUT2D eigenvalue weighted by Crippen LogP contribution is -2.27. The topological polar surface area (TPSA) is 138 Å². The second kappa shape index (κ2) is 10.0. The Balaban J connectivity index is 1.50. The van der Waals surface area contributed by atoms with Crippen LogP contribution in [0.5, 0.6) is 0 Å². The third-order valence-electron chi connectivity index (χ3n) is 5.96. The fourth-order valence-corrected chi connectivity index (χ4v) is 4.11. The van der Waals surface area contributed by atoms with Crippen molar-refractivity contribution in [2.45, 2.75) is 52.6 Å². The molecule has 184 valence electrons. The first-order chi connectivity index (χ1) is 17.5. The SMILES string of the molecule is CCCCc1cn(-c2nnnn2C(C)C)c(=O)n1Cc1cc(-c2cccc(-c3nn[nH]n3)c2)ccn1. The van der Waals surface area contributed by atoms with Crippen LogP contribution in [0.15, 0.2) is 53.6 Å². The third kappa shape index (κ3) is 4.57. The van der Waals surface area contributed by atoms with Crippen LogP contribution in [0.2, 0.25) is 0 Å². The highest BCUT2D eigenvalue weighted by molar-refractivity contribution is 5.70. The van der Waals surface area contributed by atoms with Crippen molar-refractivity contribution in [3.8, 4) is 28.5 Å². The Labute approximate surface area is 207 Å². The maximum atomic E-state index is 13.5. The summed E-state index contributed by atoms with van der Waals surface area (Å²) in [6.07, 6.45) is 6.37. The highest BCUT2D eigenvalue weighted by atomic mass is 16.2. The number of imidazole rings is 1. The van der Waals surface area contributed by atoms with Crippen LogP contribution >= 0.6 is 0 Å². The molecular weight excluding hydrogens is 458 g/mol. The molecule has 0 aliphatic carbocycles. The molecule has 0 aliphatic heterocycles. The van der Waals surface area contributed by atoms with Gasteiger partial charge in [-0.1, -0.05) is 36.6 Å². The molecular formula is C24H27N11O. The van der Waals surface area contributed by atoms with Gasteiger partial charge in [-0.05, 0) is 71.7 Å². The Morgan fingerprint density at radius 1 is 1.06 bits per heavy atom. The van der Waals surface area contributed by atoms with E-state index in [1.165, 1.54) is 4.57 Å². The van der Waals surface area contributed by atoms with Gasteiger partial charge in [0.25, 0.3) is 5.95 Å². The molecule has 4 aromatic heterocycles. The van der Waals surface area contributed by atoms with E-state index in [0.29, 0.717) is 18.3 Å². The van der Waals surface area contributed by atoms with Gasteiger partial charge in [-0.2, -0.15) is 5.21 Å². The van der Waals surface area contributed by atoms with E-state index in [0.717, 1.165) is 47.3 Å². The number of hydrogen-bond acceptors (Lipinski definition) is 8. The Morgan fingerprint density at radius 2 is 1.89 bits per heavy atom. The molecule has 12 nitrogen and oxygen atoms in total. The lowest BCUT2D eigenvalue weighted by molar-refractivity contribution is 0.502. The largest absolute Gasteiger partial charge is 0.335 e. The molecule has 4 heterocycles. The minimum Gasteiger partial charge on any atom is -0.290 e. The van der Waals surface area contributed by atoms with Crippen LogP contribution in [0.25, 0.3) is 28.5 Å². The Morgan fingerprint density at radius 3 is 2.67 bits per heavy atom. The minimum absolute atomic E-state index is 0.0194. The molecule has 0 bridgehead atoms. The van der Waals surface area contributed by atoms with Crippen LogP contribution in [0.3, 0.4) is 0 Å². The van der Waals surface area contributed by atoms with Gasteiger partial charge in [0, 0.05) is 23.7 Å². The summed E-state index contributed by atoms with van der Waals surface area (Å²) < 4.78 is 4.94. The van der Waals surface area contributed by atoms with Crippen molar-refractivity contribution in [3.05, 3.63) is 70.7 Å². The number of pyridine rings is 1. The predicted octanol–water partition coefficient (Wildman–Crippen LogP) is 2.84. The first-order valence-corrected chi connectivity index (χ1v) is 11.9. The van der Waals surface area contributed by atoms with Gasteiger partial charge < -0.3 is 0 Å². The van der Waals surface area contributed by atoms with Gasteiger partial charge in [0.2, 0.25) is 5.82 Å². The van der Waals surface area contributed by atoms with Crippen molar-refractivity contribution in [2.24, 2.45) is 0 Å². The summed E-state index contributed by atoms with van der Waals surface area (Å²) in [7, 11) is 0. The average molecular weight is 486 g/mol. The molecule has 5 rings (SSSR count). The van der Waals surface area contributed by atoms with E-state index in [-0.39, 0.29) is 11.7 Å². The molecule has 36 heavy (non-hydrogen) atoms. The van der Waals surface area contributed by atoms with Crippen LogP contribution in [-0.2, 0) is 13.0 Å². The first-order valence-electron chi connectivity index (χ1n) is 11.9. The summed E-state index contributed by atoms with van der Waals surface area (Å²) in [6, 6.07) is 11.9. The fourth-order valence-electron chi connectivity index (χ4n) is 4.11. The van der Waals surface area contributed by atoms with E-state index < -0.39 is 0 Å². The maximum absolute atomic E-state index is 13.5. The number of hydrogen-bond donors (Lipinski definition) is 1. The molecule has 5 aromatic rings. The van der Waals surface area contributed by atoms with Gasteiger partial charge in [0.05, 0.1) is 18.3 Å². The highest BCUT2D eigenvalue weighted by Gasteiger charge is 2.19. The Bertz CT molecular complexity index is 1510. The van der Waals surface area contributed by atoms with Crippen molar-refractivity contribution in [3.63, 3.8) is 0 Å². The van der Waals surface area contributed by atoms with Crippen LogP contribution in [0.1, 0.15) is 51.0 Å².